The molecule has 0 amide bonds. The van der Waals surface area contributed by atoms with E-state index in [4.69, 9.17) is 0 Å². The number of aliphatic carboxylic acids is 1. The Bertz CT molecular complexity index is 625. The van der Waals surface area contributed by atoms with Crippen molar-refractivity contribution in [2.45, 2.75) is 38.5 Å². The molecule has 122 valence electrons. The summed E-state index contributed by atoms with van der Waals surface area (Å²) in [5.74, 6) is -0.959. The first kappa shape index (κ1) is 17.2. The summed E-state index contributed by atoms with van der Waals surface area (Å²) in [5.41, 5.74) is 2.85. The van der Waals surface area contributed by atoms with Gasteiger partial charge in [0.1, 0.15) is 6.04 Å². The van der Waals surface area contributed by atoms with Crippen molar-refractivity contribution in [2.24, 2.45) is 0 Å². The normalized spacial score (nSPS) is 14.9. The van der Waals surface area contributed by atoms with Gasteiger partial charge in [0.15, 0.2) is 0 Å². The number of aliphatic hydroxyl groups is 1. The molecule has 0 saturated heterocycles. The Morgan fingerprint density at radius 1 is 1.04 bits per heavy atom. The Morgan fingerprint density at radius 3 is 2.22 bits per heavy atom. The molecule has 4 nitrogen and oxygen atoms in total. The molecule has 0 aromatic heterocycles. The van der Waals surface area contributed by atoms with Crippen molar-refractivity contribution in [1.29, 1.82) is 0 Å². The number of carboxylic acids is 1. The number of carboxylic acid groups (broad SMARTS) is 1. The lowest BCUT2D eigenvalue weighted by Gasteiger charge is -2.23. The standard InChI is InChI=1S/C19H23NO3/c1-13-8-10-16(11-9-13)18(21)12-17(19(22)23)20-14(2)15-6-4-3-5-7-15/h3-11,14,17-18,20-21H,12H2,1-2H3,(H,22,23)/t14-,17+,18-/m0/s1. The van der Waals surface area contributed by atoms with Crippen LogP contribution in [0.5, 0.6) is 0 Å². The Labute approximate surface area is 136 Å². The highest BCUT2D eigenvalue weighted by Crippen LogP contribution is 2.21. The van der Waals surface area contributed by atoms with Crippen LogP contribution in [0.4, 0.5) is 0 Å². The Balaban J connectivity index is 2.04. The van der Waals surface area contributed by atoms with Gasteiger partial charge in [0, 0.05) is 12.5 Å². The van der Waals surface area contributed by atoms with Gasteiger partial charge in [-0.3, -0.25) is 10.1 Å². The van der Waals surface area contributed by atoms with Crippen molar-refractivity contribution >= 4 is 5.97 Å². The van der Waals surface area contributed by atoms with E-state index in [-0.39, 0.29) is 12.5 Å². The summed E-state index contributed by atoms with van der Waals surface area (Å²) in [4.78, 5) is 11.5. The largest absolute Gasteiger partial charge is 0.480 e. The molecule has 4 heteroatoms. The molecule has 0 aliphatic rings. The number of benzene rings is 2. The average Bonchev–Trinajstić information content (AvgIpc) is 2.55. The number of carbonyl (C=O) groups is 1. The van der Waals surface area contributed by atoms with Crippen molar-refractivity contribution in [1.82, 2.24) is 5.32 Å². The molecule has 0 saturated carbocycles. The third kappa shape index (κ3) is 4.91. The van der Waals surface area contributed by atoms with E-state index in [1.807, 2.05) is 68.4 Å². The second-order valence-corrected chi connectivity index (χ2v) is 5.85. The van der Waals surface area contributed by atoms with Crippen molar-refractivity contribution in [2.75, 3.05) is 0 Å². The summed E-state index contributed by atoms with van der Waals surface area (Å²) >= 11 is 0. The predicted molar refractivity (Wildman–Crippen MR) is 90.2 cm³/mol. The first-order chi connectivity index (χ1) is 11.0. The molecule has 3 N–H and O–H groups in total. The van der Waals surface area contributed by atoms with Crippen LogP contribution in [0.1, 0.15) is 42.2 Å². The van der Waals surface area contributed by atoms with Gasteiger partial charge in [0.25, 0.3) is 0 Å². The molecule has 0 fully saturated rings. The molecule has 0 unspecified atom stereocenters. The van der Waals surface area contributed by atoms with Crippen LogP contribution in [0.15, 0.2) is 54.6 Å². The fourth-order valence-corrected chi connectivity index (χ4v) is 2.53. The molecule has 0 aliphatic carbocycles. The fraction of sp³-hybridized carbons (Fsp3) is 0.316. The maximum absolute atomic E-state index is 11.5. The maximum Gasteiger partial charge on any atom is 0.320 e. The van der Waals surface area contributed by atoms with E-state index in [0.717, 1.165) is 16.7 Å². The number of hydrogen-bond acceptors (Lipinski definition) is 3. The summed E-state index contributed by atoms with van der Waals surface area (Å²) in [6, 6.07) is 16.2. The van der Waals surface area contributed by atoms with Gasteiger partial charge in [-0.25, -0.2) is 0 Å². The Morgan fingerprint density at radius 2 is 1.65 bits per heavy atom. The summed E-state index contributed by atoms with van der Waals surface area (Å²) < 4.78 is 0. The molecule has 0 heterocycles. The molecular formula is C19H23NO3. The lowest BCUT2D eigenvalue weighted by Crippen LogP contribution is -2.39. The molecule has 0 radical (unpaired) electrons. The van der Waals surface area contributed by atoms with Crippen molar-refractivity contribution in [3.05, 3.63) is 71.3 Å². The average molecular weight is 313 g/mol. The van der Waals surface area contributed by atoms with E-state index in [0.29, 0.717) is 0 Å². The minimum absolute atomic E-state index is 0.109. The molecule has 23 heavy (non-hydrogen) atoms. The minimum Gasteiger partial charge on any atom is -0.480 e. The number of hydrogen-bond donors (Lipinski definition) is 3. The van der Waals surface area contributed by atoms with E-state index >= 15 is 0 Å². The van der Waals surface area contributed by atoms with Crippen LogP contribution in [0.2, 0.25) is 0 Å². The summed E-state index contributed by atoms with van der Waals surface area (Å²) in [6.45, 7) is 3.89. The molecule has 3 atom stereocenters. The highest BCUT2D eigenvalue weighted by Gasteiger charge is 2.24. The summed E-state index contributed by atoms with van der Waals surface area (Å²) in [7, 11) is 0. The topological polar surface area (TPSA) is 69.6 Å². The number of aryl methyl sites for hydroxylation is 1. The molecule has 0 aliphatic heterocycles. The van der Waals surface area contributed by atoms with E-state index in [1.54, 1.807) is 0 Å². The molecular weight excluding hydrogens is 290 g/mol. The van der Waals surface area contributed by atoms with Crippen molar-refractivity contribution < 1.29 is 15.0 Å². The van der Waals surface area contributed by atoms with Gasteiger partial charge < -0.3 is 10.2 Å². The van der Waals surface area contributed by atoms with Crippen LogP contribution in [-0.2, 0) is 4.79 Å². The van der Waals surface area contributed by atoms with Crippen LogP contribution in [-0.4, -0.2) is 22.2 Å². The van der Waals surface area contributed by atoms with Crippen molar-refractivity contribution in [3.8, 4) is 0 Å². The van der Waals surface area contributed by atoms with E-state index in [2.05, 4.69) is 5.32 Å². The second-order valence-electron chi connectivity index (χ2n) is 5.85. The van der Waals surface area contributed by atoms with Gasteiger partial charge in [-0.15, -0.1) is 0 Å². The van der Waals surface area contributed by atoms with E-state index < -0.39 is 18.1 Å². The third-order valence-electron chi connectivity index (χ3n) is 3.97. The SMILES string of the molecule is Cc1ccc([C@@H](O)C[C@@H](N[C@@H](C)c2ccccc2)C(=O)O)cc1. The van der Waals surface area contributed by atoms with Crippen LogP contribution < -0.4 is 5.32 Å². The quantitative estimate of drug-likeness (QED) is 0.734. The highest BCUT2D eigenvalue weighted by atomic mass is 16.4. The Kier molecular flexibility index (Phi) is 5.90. The lowest BCUT2D eigenvalue weighted by molar-refractivity contribution is -0.140. The smallest absolute Gasteiger partial charge is 0.320 e. The second kappa shape index (κ2) is 7.90. The fourth-order valence-electron chi connectivity index (χ4n) is 2.53. The van der Waals surface area contributed by atoms with Gasteiger partial charge >= 0.3 is 5.97 Å². The van der Waals surface area contributed by atoms with Gasteiger partial charge in [-0.1, -0.05) is 60.2 Å². The number of rotatable bonds is 7. The predicted octanol–water partition coefficient (Wildman–Crippen LogP) is 3.22. The molecule has 2 aromatic carbocycles. The Hall–Kier alpha value is -2.17. The van der Waals surface area contributed by atoms with E-state index in [9.17, 15) is 15.0 Å². The van der Waals surface area contributed by atoms with Gasteiger partial charge in [-0.2, -0.15) is 0 Å². The van der Waals surface area contributed by atoms with Crippen LogP contribution in [0.25, 0.3) is 0 Å². The van der Waals surface area contributed by atoms with Crippen LogP contribution >= 0.6 is 0 Å². The first-order valence-corrected chi connectivity index (χ1v) is 7.76. The summed E-state index contributed by atoms with van der Waals surface area (Å²) in [5, 5.41) is 22.8. The monoisotopic (exact) mass is 313 g/mol. The molecule has 0 bridgehead atoms. The van der Waals surface area contributed by atoms with E-state index in [1.165, 1.54) is 0 Å². The zero-order valence-corrected chi connectivity index (χ0v) is 13.4. The first-order valence-electron chi connectivity index (χ1n) is 7.76. The van der Waals surface area contributed by atoms with Crippen molar-refractivity contribution in [3.63, 3.8) is 0 Å². The summed E-state index contributed by atoms with van der Waals surface area (Å²) in [6.07, 6.45) is -0.692. The van der Waals surface area contributed by atoms with Crippen LogP contribution in [0, 0.1) is 6.92 Å². The van der Waals surface area contributed by atoms with Gasteiger partial charge in [0.2, 0.25) is 0 Å². The van der Waals surface area contributed by atoms with Gasteiger partial charge in [-0.05, 0) is 25.0 Å². The third-order valence-corrected chi connectivity index (χ3v) is 3.97. The number of aliphatic hydroxyl groups excluding tert-OH is 1. The van der Waals surface area contributed by atoms with Crippen LogP contribution in [0.3, 0.4) is 0 Å². The molecule has 0 spiro atoms. The molecule has 2 aromatic rings. The number of nitrogens with one attached hydrogen (secondary N) is 1. The minimum atomic E-state index is -0.959. The highest BCUT2D eigenvalue weighted by molar-refractivity contribution is 5.73. The van der Waals surface area contributed by atoms with Gasteiger partial charge in [0.05, 0.1) is 6.10 Å². The zero-order valence-electron chi connectivity index (χ0n) is 13.4. The molecule has 2 rings (SSSR count). The zero-order chi connectivity index (χ0) is 16.8. The maximum atomic E-state index is 11.5. The lowest BCUT2D eigenvalue weighted by atomic mass is 9.99.